The zero-order chi connectivity index (χ0) is 13.0. The molecule has 1 heterocycles. The molecule has 100 valence electrons. The first-order valence-electron chi connectivity index (χ1n) is 6.54. The van der Waals surface area contributed by atoms with E-state index in [-0.39, 0.29) is 11.4 Å². The molecule has 0 radical (unpaired) electrons. The molecule has 1 saturated carbocycles. The fraction of sp³-hybridized carbons (Fsp3) is 0.769. The van der Waals surface area contributed by atoms with Crippen LogP contribution in [0.5, 0.6) is 0 Å². The van der Waals surface area contributed by atoms with Gasteiger partial charge in [0.05, 0.1) is 0 Å². The Balaban J connectivity index is 2.09. The van der Waals surface area contributed by atoms with Crippen molar-refractivity contribution in [1.82, 2.24) is 10.1 Å². The van der Waals surface area contributed by atoms with E-state index in [9.17, 15) is 4.79 Å². The summed E-state index contributed by atoms with van der Waals surface area (Å²) < 4.78 is 10.9. The number of hydrogen-bond acceptors (Lipinski definition) is 5. The summed E-state index contributed by atoms with van der Waals surface area (Å²) in [4.78, 5) is 15.3. The fourth-order valence-corrected chi connectivity index (χ4v) is 2.47. The summed E-state index contributed by atoms with van der Waals surface area (Å²) in [6.45, 7) is 1.56. The highest BCUT2D eigenvalue weighted by Crippen LogP contribution is 2.38. The molecule has 2 rings (SSSR count). The van der Waals surface area contributed by atoms with Gasteiger partial charge >= 0.3 is 0 Å². The second kappa shape index (κ2) is 5.61. The van der Waals surface area contributed by atoms with Gasteiger partial charge in [-0.1, -0.05) is 24.4 Å². The van der Waals surface area contributed by atoms with Crippen molar-refractivity contribution >= 4 is 5.78 Å². The predicted molar refractivity (Wildman–Crippen MR) is 65.1 cm³/mol. The topological polar surface area (TPSA) is 65.2 Å². The molecule has 0 atom stereocenters. The van der Waals surface area contributed by atoms with Crippen molar-refractivity contribution in [2.45, 2.75) is 57.5 Å². The Morgan fingerprint density at radius 1 is 1.39 bits per heavy atom. The van der Waals surface area contributed by atoms with Crippen LogP contribution < -0.4 is 0 Å². The summed E-state index contributed by atoms with van der Waals surface area (Å²) in [5, 5.41) is 4.04. The normalized spacial score (nSPS) is 18.8. The van der Waals surface area contributed by atoms with Crippen molar-refractivity contribution in [3.05, 3.63) is 11.7 Å². The smallest absolute Gasteiger partial charge is 0.227 e. The molecule has 1 aliphatic rings. The van der Waals surface area contributed by atoms with Gasteiger partial charge in [0.1, 0.15) is 11.4 Å². The van der Waals surface area contributed by atoms with Gasteiger partial charge in [0.2, 0.25) is 11.7 Å². The third-order valence-corrected chi connectivity index (χ3v) is 3.62. The first kappa shape index (κ1) is 13.2. The Kier molecular flexibility index (Phi) is 4.11. The highest BCUT2D eigenvalue weighted by atomic mass is 16.5. The van der Waals surface area contributed by atoms with Gasteiger partial charge in [-0.2, -0.15) is 4.98 Å². The van der Waals surface area contributed by atoms with E-state index >= 15 is 0 Å². The lowest BCUT2D eigenvalue weighted by molar-refractivity contribution is -0.117. The fourth-order valence-electron chi connectivity index (χ4n) is 2.47. The summed E-state index contributed by atoms with van der Waals surface area (Å²) >= 11 is 0. The second-order valence-electron chi connectivity index (χ2n) is 4.97. The van der Waals surface area contributed by atoms with Gasteiger partial charge in [-0.25, -0.2) is 0 Å². The Bertz CT molecular complexity index is 408. The molecule has 0 spiro atoms. The molecule has 0 saturated heterocycles. The number of carbonyl (C=O) groups is 1. The molecule has 0 aromatic carbocycles. The van der Waals surface area contributed by atoms with E-state index < -0.39 is 0 Å². The van der Waals surface area contributed by atoms with E-state index in [1.807, 2.05) is 0 Å². The number of ketones is 1. The van der Waals surface area contributed by atoms with Crippen LogP contribution in [0, 0.1) is 0 Å². The molecule has 1 aromatic heterocycles. The van der Waals surface area contributed by atoms with Crippen molar-refractivity contribution in [3.63, 3.8) is 0 Å². The zero-order valence-corrected chi connectivity index (χ0v) is 11.1. The van der Waals surface area contributed by atoms with Gasteiger partial charge in [-0.05, 0) is 19.8 Å². The third kappa shape index (κ3) is 2.77. The van der Waals surface area contributed by atoms with Crippen molar-refractivity contribution < 1.29 is 14.1 Å². The lowest BCUT2D eigenvalue weighted by atomic mass is 9.84. The summed E-state index contributed by atoms with van der Waals surface area (Å²) in [6.07, 6.45) is 6.34. The number of carbonyl (C=O) groups excluding carboxylic acids is 1. The van der Waals surface area contributed by atoms with E-state index in [1.165, 1.54) is 6.42 Å². The second-order valence-corrected chi connectivity index (χ2v) is 4.97. The average Bonchev–Trinajstić information content (AvgIpc) is 2.86. The first-order chi connectivity index (χ1) is 8.66. The number of nitrogens with zero attached hydrogens (tertiary/aromatic N) is 2. The molecule has 1 aliphatic carbocycles. The van der Waals surface area contributed by atoms with Crippen LogP contribution in [0.4, 0.5) is 0 Å². The minimum absolute atomic E-state index is 0.133. The number of Topliss-reactive ketones (excluding diaryl/α,β-unsaturated/α-hetero) is 1. The van der Waals surface area contributed by atoms with E-state index in [0.717, 1.165) is 25.7 Å². The molecular formula is C13H20N2O3. The monoisotopic (exact) mass is 252 g/mol. The van der Waals surface area contributed by atoms with E-state index in [0.29, 0.717) is 24.6 Å². The van der Waals surface area contributed by atoms with Crippen LogP contribution in [0.25, 0.3) is 0 Å². The maximum atomic E-state index is 10.9. The van der Waals surface area contributed by atoms with Crippen molar-refractivity contribution in [1.29, 1.82) is 0 Å². The SMILES string of the molecule is COC1(c2noc(CCC(C)=O)n2)CCCCC1. The van der Waals surface area contributed by atoms with Crippen LogP contribution >= 0.6 is 0 Å². The van der Waals surface area contributed by atoms with Crippen LogP contribution in [0.1, 0.15) is 57.2 Å². The van der Waals surface area contributed by atoms with Crippen molar-refractivity contribution in [2.75, 3.05) is 7.11 Å². The average molecular weight is 252 g/mol. The largest absolute Gasteiger partial charge is 0.370 e. The van der Waals surface area contributed by atoms with Crippen LogP contribution in [-0.4, -0.2) is 23.0 Å². The lowest BCUT2D eigenvalue weighted by Crippen LogP contribution is -2.32. The molecule has 5 heteroatoms. The van der Waals surface area contributed by atoms with Gasteiger partial charge < -0.3 is 14.1 Å². The first-order valence-corrected chi connectivity index (χ1v) is 6.54. The van der Waals surface area contributed by atoms with Gasteiger partial charge in [0.25, 0.3) is 0 Å². The van der Waals surface area contributed by atoms with E-state index in [1.54, 1.807) is 14.0 Å². The van der Waals surface area contributed by atoms with E-state index in [4.69, 9.17) is 9.26 Å². The summed E-state index contributed by atoms with van der Waals surface area (Å²) in [5.41, 5.74) is -0.379. The number of rotatable bonds is 5. The summed E-state index contributed by atoms with van der Waals surface area (Å²) in [7, 11) is 1.71. The van der Waals surface area contributed by atoms with E-state index in [2.05, 4.69) is 10.1 Å². The van der Waals surface area contributed by atoms with Gasteiger partial charge in [0, 0.05) is 20.0 Å². The summed E-state index contributed by atoms with van der Waals surface area (Å²) in [5.74, 6) is 1.30. The van der Waals surface area contributed by atoms with Gasteiger partial charge in [-0.3, -0.25) is 0 Å². The number of methoxy groups -OCH3 is 1. The standard InChI is InChI=1S/C13H20N2O3/c1-10(16)6-7-11-14-12(15-18-11)13(17-2)8-4-3-5-9-13/h3-9H2,1-2H3. The maximum Gasteiger partial charge on any atom is 0.227 e. The predicted octanol–water partition coefficient (Wildman–Crippen LogP) is 2.40. The molecule has 0 amide bonds. The molecular weight excluding hydrogens is 232 g/mol. The number of hydrogen-bond donors (Lipinski definition) is 0. The van der Waals surface area contributed by atoms with Crippen molar-refractivity contribution in [2.24, 2.45) is 0 Å². The molecule has 1 fully saturated rings. The molecule has 18 heavy (non-hydrogen) atoms. The van der Waals surface area contributed by atoms with Crippen LogP contribution in [0.2, 0.25) is 0 Å². The quantitative estimate of drug-likeness (QED) is 0.805. The number of ether oxygens (including phenoxy) is 1. The Morgan fingerprint density at radius 2 is 2.11 bits per heavy atom. The molecule has 1 aromatic rings. The van der Waals surface area contributed by atoms with Gasteiger partial charge in [0.15, 0.2) is 0 Å². The van der Waals surface area contributed by atoms with Gasteiger partial charge in [-0.15, -0.1) is 0 Å². The lowest BCUT2D eigenvalue weighted by Gasteiger charge is -2.32. The van der Waals surface area contributed by atoms with Crippen LogP contribution in [0.15, 0.2) is 4.52 Å². The minimum atomic E-state index is -0.379. The Morgan fingerprint density at radius 3 is 2.72 bits per heavy atom. The molecule has 5 nitrogen and oxygen atoms in total. The molecule has 0 unspecified atom stereocenters. The Labute approximate surface area is 107 Å². The number of aryl methyl sites for hydroxylation is 1. The molecule has 0 aliphatic heterocycles. The summed E-state index contributed by atoms with van der Waals surface area (Å²) in [6, 6.07) is 0. The van der Waals surface area contributed by atoms with Crippen molar-refractivity contribution in [3.8, 4) is 0 Å². The van der Waals surface area contributed by atoms with Crippen LogP contribution in [0.3, 0.4) is 0 Å². The minimum Gasteiger partial charge on any atom is -0.370 e. The zero-order valence-electron chi connectivity index (χ0n) is 11.1. The molecule has 0 bridgehead atoms. The highest BCUT2D eigenvalue weighted by Gasteiger charge is 2.38. The maximum absolute atomic E-state index is 10.9. The number of aromatic nitrogens is 2. The van der Waals surface area contributed by atoms with Crippen LogP contribution in [-0.2, 0) is 21.6 Å². The third-order valence-electron chi connectivity index (χ3n) is 3.62. The molecule has 0 N–H and O–H groups in total. The highest BCUT2D eigenvalue weighted by molar-refractivity contribution is 5.75. The Hall–Kier alpha value is -1.23.